The normalized spacial score (nSPS) is 12.1. The highest BCUT2D eigenvalue weighted by Gasteiger charge is 2.33. The fourth-order valence-corrected chi connectivity index (χ4v) is 2.14. The van der Waals surface area contributed by atoms with Gasteiger partial charge in [0.1, 0.15) is 5.69 Å². The van der Waals surface area contributed by atoms with Crippen LogP contribution in [0.5, 0.6) is 0 Å². The molecule has 132 valence electrons. The van der Waals surface area contributed by atoms with Crippen LogP contribution < -0.4 is 5.43 Å². The molecule has 2 rings (SSSR count). The number of anilines is 1. The van der Waals surface area contributed by atoms with Crippen molar-refractivity contribution in [1.82, 2.24) is 0 Å². The number of nitro groups is 1. The van der Waals surface area contributed by atoms with Gasteiger partial charge in [-0.15, -0.1) is 0 Å². The summed E-state index contributed by atoms with van der Waals surface area (Å²) in [5.41, 5.74) is 2.46. The Balaban J connectivity index is 2.09. The van der Waals surface area contributed by atoms with Crippen LogP contribution in [-0.4, -0.2) is 10.6 Å². The predicted octanol–water partition coefficient (Wildman–Crippen LogP) is 5.03. The Morgan fingerprint density at radius 1 is 1.20 bits per heavy atom. The number of aryl methyl sites for hydroxylation is 1. The van der Waals surface area contributed by atoms with Gasteiger partial charge >= 0.3 is 6.18 Å². The summed E-state index contributed by atoms with van der Waals surface area (Å²) in [6.45, 7) is 1.74. The van der Waals surface area contributed by atoms with E-state index in [1.807, 2.05) is 30.3 Å². The molecule has 0 aliphatic carbocycles. The van der Waals surface area contributed by atoms with Crippen LogP contribution in [0.4, 0.5) is 24.5 Å². The molecule has 0 aliphatic rings. The second-order valence-electron chi connectivity index (χ2n) is 5.43. The van der Waals surface area contributed by atoms with Crippen LogP contribution in [0, 0.1) is 10.1 Å². The standard InChI is InChI=1S/C17H16F3N3O2/c1-12(7-8-13-5-3-2-4-6-13)21-22-15-10-9-14(17(18,19)20)11-16(15)23(24)25/h2-6,9-11,22H,7-8H2,1H3/b21-12+. The third-order valence-electron chi connectivity index (χ3n) is 3.51. The Kier molecular flexibility index (Phi) is 5.74. The maximum atomic E-state index is 12.7. The lowest BCUT2D eigenvalue weighted by Crippen LogP contribution is -2.07. The molecule has 5 nitrogen and oxygen atoms in total. The highest BCUT2D eigenvalue weighted by atomic mass is 19.4. The average Bonchev–Trinajstić information content (AvgIpc) is 2.58. The molecule has 0 amide bonds. The molecule has 0 aromatic heterocycles. The number of alkyl halides is 3. The van der Waals surface area contributed by atoms with E-state index in [1.54, 1.807) is 6.92 Å². The largest absolute Gasteiger partial charge is 0.416 e. The van der Waals surface area contributed by atoms with Crippen LogP contribution in [-0.2, 0) is 12.6 Å². The van der Waals surface area contributed by atoms with Gasteiger partial charge in [-0.25, -0.2) is 0 Å². The molecule has 0 spiro atoms. The Morgan fingerprint density at radius 2 is 1.88 bits per heavy atom. The molecule has 0 radical (unpaired) electrons. The lowest BCUT2D eigenvalue weighted by Gasteiger charge is -2.09. The van der Waals surface area contributed by atoms with Gasteiger partial charge in [-0.05, 0) is 37.5 Å². The van der Waals surface area contributed by atoms with E-state index in [4.69, 9.17) is 0 Å². The SMILES string of the molecule is C/C(CCc1ccccc1)=N\Nc1ccc(C(F)(F)F)cc1[N+](=O)[O-]. The van der Waals surface area contributed by atoms with Crippen molar-refractivity contribution >= 4 is 17.1 Å². The number of nitrogens with one attached hydrogen (secondary N) is 1. The number of rotatable bonds is 6. The summed E-state index contributed by atoms with van der Waals surface area (Å²) >= 11 is 0. The molecule has 8 heteroatoms. The second-order valence-corrected chi connectivity index (χ2v) is 5.43. The summed E-state index contributed by atoms with van der Waals surface area (Å²) in [6, 6.07) is 12.0. The Labute approximate surface area is 142 Å². The molecule has 0 aliphatic heterocycles. The lowest BCUT2D eigenvalue weighted by atomic mass is 10.1. The molecule has 0 bridgehead atoms. The first-order valence-corrected chi connectivity index (χ1v) is 7.46. The van der Waals surface area contributed by atoms with Gasteiger partial charge in [-0.2, -0.15) is 18.3 Å². The molecule has 0 fully saturated rings. The van der Waals surface area contributed by atoms with Crippen molar-refractivity contribution in [1.29, 1.82) is 0 Å². The summed E-state index contributed by atoms with van der Waals surface area (Å²) in [5, 5.41) is 15.0. The number of benzene rings is 2. The molecule has 0 saturated heterocycles. The smallest absolute Gasteiger partial charge is 0.272 e. The highest BCUT2D eigenvalue weighted by Crippen LogP contribution is 2.34. The van der Waals surface area contributed by atoms with Crippen molar-refractivity contribution in [2.45, 2.75) is 25.9 Å². The first-order chi connectivity index (χ1) is 11.8. The Bertz CT molecular complexity index is 774. The quantitative estimate of drug-likeness (QED) is 0.451. The van der Waals surface area contributed by atoms with Crippen molar-refractivity contribution in [3.8, 4) is 0 Å². The van der Waals surface area contributed by atoms with Gasteiger partial charge in [0, 0.05) is 11.8 Å². The fraction of sp³-hybridized carbons (Fsp3) is 0.235. The van der Waals surface area contributed by atoms with E-state index in [2.05, 4.69) is 10.5 Å². The Morgan fingerprint density at radius 3 is 2.48 bits per heavy atom. The number of nitrogens with zero attached hydrogens (tertiary/aromatic N) is 2. The first kappa shape index (κ1) is 18.4. The van der Waals surface area contributed by atoms with Gasteiger partial charge in [0.2, 0.25) is 0 Å². The van der Waals surface area contributed by atoms with Crippen molar-refractivity contribution in [2.24, 2.45) is 5.10 Å². The van der Waals surface area contributed by atoms with E-state index in [9.17, 15) is 23.3 Å². The van der Waals surface area contributed by atoms with E-state index < -0.39 is 22.4 Å². The van der Waals surface area contributed by atoms with Crippen molar-refractivity contribution < 1.29 is 18.1 Å². The number of hydrogen-bond donors (Lipinski definition) is 1. The predicted molar refractivity (Wildman–Crippen MR) is 89.6 cm³/mol. The molecular weight excluding hydrogens is 335 g/mol. The zero-order valence-corrected chi connectivity index (χ0v) is 13.4. The van der Waals surface area contributed by atoms with Crippen LogP contribution in [0.25, 0.3) is 0 Å². The summed E-state index contributed by atoms with van der Waals surface area (Å²) in [5.74, 6) is 0. The van der Waals surface area contributed by atoms with Crippen LogP contribution in [0.15, 0.2) is 53.6 Å². The van der Waals surface area contributed by atoms with E-state index in [-0.39, 0.29) is 5.69 Å². The minimum absolute atomic E-state index is 0.0861. The minimum atomic E-state index is -4.64. The van der Waals surface area contributed by atoms with Gasteiger partial charge in [0.25, 0.3) is 5.69 Å². The van der Waals surface area contributed by atoms with Crippen molar-refractivity contribution in [2.75, 3.05) is 5.43 Å². The van der Waals surface area contributed by atoms with Crippen LogP contribution in [0.1, 0.15) is 24.5 Å². The number of halogens is 3. The van der Waals surface area contributed by atoms with E-state index in [0.29, 0.717) is 18.2 Å². The molecule has 25 heavy (non-hydrogen) atoms. The van der Waals surface area contributed by atoms with E-state index >= 15 is 0 Å². The minimum Gasteiger partial charge on any atom is -0.272 e. The molecule has 0 heterocycles. The number of hydrazone groups is 1. The third-order valence-corrected chi connectivity index (χ3v) is 3.51. The van der Waals surface area contributed by atoms with Gasteiger partial charge < -0.3 is 0 Å². The monoisotopic (exact) mass is 351 g/mol. The van der Waals surface area contributed by atoms with Crippen LogP contribution in [0.2, 0.25) is 0 Å². The maximum absolute atomic E-state index is 12.7. The summed E-state index contributed by atoms with van der Waals surface area (Å²) in [6.07, 6.45) is -3.28. The van der Waals surface area contributed by atoms with E-state index in [1.165, 1.54) is 0 Å². The Hall–Kier alpha value is -2.90. The van der Waals surface area contributed by atoms with Crippen molar-refractivity contribution in [3.63, 3.8) is 0 Å². The second kappa shape index (κ2) is 7.78. The summed E-state index contributed by atoms with van der Waals surface area (Å²) in [7, 11) is 0. The zero-order valence-electron chi connectivity index (χ0n) is 13.4. The van der Waals surface area contributed by atoms with Crippen LogP contribution in [0.3, 0.4) is 0 Å². The molecule has 0 atom stereocenters. The molecule has 0 saturated carbocycles. The molecule has 2 aromatic carbocycles. The summed E-state index contributed by atoms with van der Waals surface area (Å²) < 4.78 is 38.0. The van der Waals surface area contributed by atoms with Crippen LogP contribution >= 0.6 is 0 Å². The molecular formula is C17H16F3N3O2. The van der Waals surface area contributed by atoms with Gasteiger partial charge in [-0.1, -0.05) is 30.3 Å². The molecule has 1 N–H and O–H groups in total. The molecule has 0 unspecified atom stereocenters. The zero-order chi connectivity index (χ0) is 18.4. The average molecular weight is 351 g/mol. The van der Waals surface area contributed by atoms with Crippen molar-refractivity contribution in [3.05, 3.63) is 69.8 Å². The number of hydrogen-bond acceptors (Lipinski definition) is 4. The van der Waals surface area contributed by atoms with Gasteiger partial charge in [0.15, 0.2) is 0 Å². The lowest BCUT2D eigenvalue weighted by molar-refractivity contribution is -0.384. The first-order valence-electron chi connectivity index (χ1n) is 7.46. The summed E-state index contributed by atoms with van der Waals surface area (Å²) in [4.78, 5) is 10.1. The topological polar surface area (TPSA) is 67.5 Å². The maximum Gasteiger partial charge on any atom is 0.416 e. The van der Waals surface area contributed by atoms with Gasteiger partial charge in [0.05, 0.1) is 10.5 Å². The number of nitro benzene ring substituents is 1. The highest BCUT2D eigenvalue weighted by molar-refractivity contribution is 5.83. The fourth-order valence-electron chi connectivity index (χ4n) is 2.14. The third kappa shape index (κ3) is 5.30. The van der Waals surface area contributed by atoms with E-state index in [0.717, 1.165) is 24.1 Å². The van der Waals surface area contributed by atoms with Gasteiger partial charge in [-0.3, -0.25) is 15.5 Å². The molecule has 2 aromatic rings.